The highest BCUT2D eigenvalue weighted by Gasteiger charge is 2.11. The first-order valence-electron chi connectivity index (χ1n) is 7.42. The van der Waals surface area contributed by atoms with E-state index in [0.717, 1.165) is 24.2 Å². The van der Waals surface area contributed by atoms with Crippen LogP contribution in [0.15, 0.2) is 30.5 Å². The molecule has 2 N–H and O–H groups in total. The molecule has 0 aliphatic heterocycles. The van der Waals surface area contributed by atoms with Crippen LogP contribution in [-0.4, -0.2) is 15.8 Å². The molecule has 1 aromatic heterocycles. The number of benzene rings is 1. The maximum Gasteiger partial charge on any atom is 0.0678 e. The van der Waals surface area contributed by atoms with Crippen molar-refractivity contribution in [3.05, 3.63) is 47.3 Å². The summed E-state index contributed by atoms with van der Waals surface area (Å²) in [6.45, 7) is 8.57. The van der Waals surface area contributed by atoms with Gasteiger partial charge in [0.2, 0.25) is 0 Å². The van der Waals surface area contributed by atoms with E-state index >= 15 is 0 Å². The smallest absolute Gasteiger partial charge is 0.0678 e. The van der Waals surface area contributed by atoms with Gasteiger partial charge in [0.05, 0.1) is 11.4 Å². The molecule has 1 aromatic carbocycles. The Hall–Kier alpha value is -1.61. The summed E-state index contributed by atoms with van der Waals surface area (Å²) in [5, 5.41) is 4.68. The van der Waals surface area contributed by atoms with E-state index in [-0.39, 0.29) is 6.04 Å². The van der Waals surface area contributed by atoms with Gasteiger partial charge in [0.15, 0.2) is 0 Å². The predicted molar refractivity (Wildman–Crippen MR) is 84.4 cm³/mol. The second-order valence-electron chi connectivity index (χ2n) is 5.84. The average molecular weight is 271 g/mol. The van der Waals surface area contributed by atoms with Gasteiger partial charge in [-0.05, 0) is 43.4 Å². The lowest BCUT2D eigenvalue weighted by molar-refractivity contribution is 0.641. The van der Waals surface area contributed by atoms with Crippen LogP contribution in [0.2, 0.25) is 0 Å². The lowest BCUT2D eigenvalue weighted by atomic mass is 10.0. The Morgan fingerprint density at radius 3 is 2.60 bits per heavy atom. The van der Waals surface area contributed by atoms with Crippen molar-refractivity contribution in [3.8, 4) is 5.69 Å². The second kappa shape index (κ2) is 6.23. The number of hydrogen-bond acceptors (Lipinski definition) is 2. The summed E-state index contributed by atoms with van der Waals surface area (Å²) in [5.41, 5.74) is 10.9. The van der Waals surface area contributed by atoms with Crippen molar-refractivity contribution in [2.45, 2.75) is 52.5 Å². The van der Waals surface area contributed by atoms with Crippen molar-refractivity contribution in [2.24, 2.45) is 5.73 Å². The highest BCUT2D eigenvalue weighted by Crippen LogP contribution is 2.20. The largest absolute Gasteiger partial charge is 0.327 e. The number of nitrogens with zero attached hydrogens (tertiary/aromatic N) is 2. The Balaban J connectivity index is 2.38. The zero-order valence-corrected chi connectivity index (χ0v) is 12.9. The van der Waals surface area contributed by atoms with E-state index in [1.807, 2.05) is 10.9 Å². The Bertz CT molecular complexity index is 569. The minimum Gasteiger partial charge on any atom is -0.327 e. The summed E-state index contributed by atoms with van der Waals surface area (Å²) in [4.78, 5) is 0. The first-order chi connectivity index (χ1) is 9.51. The van der Waals surface area contributed by atoms with Gasteiger partial charge >= 0.3 is 0 Å². The lowest BCUT2D eigenvalue weighted by Crippen LogP contribution is -2.22. The van der Waals surface area contributed by atoms with Crippen LogP contribution in [0.5, 0.6) is 0 Å². The van der Waals surface area contributed by atoms with Crippen LogP contribution in [0.25, 0.3) is 5.69 Å². The Morgan fingerprint density at radius 2 is 2.00 bits per heavy atom. The molecule has 2 aromatic rings. The van der Waals surface area contributed by atoms with Crippen molar-refractivity contribution in [3.63, 3.8) is 0 Å². The molecular formula is C17H25N3. The molecule has 3 heteroatoms. The molecule has 20 heavy (non-hydrogen) atoms. The summed E-state index contributed by atoms with van der Waals surface area (Å²) in [6.07, 6.45) is 3.93. The molecule has 0 amide bonds. The average Bonchev–Trinajstić information content (AvgIpc) is 2.88. The van der Waals surface area contributed by atoms with Gasteiger partial charge in [0, 0.05) is 12.2 Å². The molecule has 0 radical (unpaired) electrons. The minimum absolute atomic E-state index is 0.204. The molecule has 1 atom stereocenters. The highest BCUT2D eigenvalue weighted by atomic mass is 15.3. The van der Waals surface area contributed by atoms with Crippen LogP contribution in [0.4, 0.5) is 0 Å². The van der Waals surface area contributed by atoms with Crippen LogP contribution in [0.3, 0.4) is 0 Å². The van der Waals surface area contributed by atoms with E-state index in [9.17, 15) is 0 Å². The van der Waals surface area contributed by atoms with Crippen LogP contribution >= 0.6 is 0 Å². The molecule has 0 spiro atoms. The van der Waals surface area contributed by atoms with E-state index in [0.29, 0.717) is 5.92 Å². The summed E-state index contributed by atoms with van der Waals surface area (Å²) >= 11 is 0. The molecule has 1 heterocycles. The summed E-state index contributed by atoms with van der Waals surface area (Å²) in [6, 6.07) is 8.79. The first kappa shape index (κ1) is 14.8. The first-order valence-corrected chi connectivity index (χ1v) is 7.42. The van der Waals surface area contributed by atoms with Gasteiger partial charge in [-0.1, -0.05) is 38.5 Å². The van der Waals surface area contributed by atoms with Gasteiger partial charge in [-0.25, -0.2) is 4.68 Å². The summed E-state index contributed by atoms with van der Waals surface area (Å²) in [7, 11) is 0. The lowest BCUT2D eigenvalue weighted by Gasteiger charge is -2.14. The number of rotatable bonds is 5. The SMILES string of the molecule is CCC(N)Cc1cc(C)ccc1-n1ccc(C(C)C)n1. The Kier molecular flexibility index (Phi) is 4.61. The zero-order chi connectivity index (χ0) is 14.7. The highest BCUT2D eigenvalue weighted by molar-refractivity contribution is 5.43. The van der Waals surface area contributed by atoms with E-state index in [4.69, 9.17) is 5.73 Å². The van der Waals surface area contributed by atoms with Crippen molar-refractivity contribution in [1.29, 1.82) is 0 Å². The molecular weight excluding hydrogens is 246 g/mol. The Morgan fingerprint density at radius 1 is 1.25 bits per heavy atom. The van der Waals surface area contributed by atoms with Gasteiger partial charge in [0.25, 0.3) is 0 Å². The molecule has 0 fully saturated rings. The van der Waals surface area contributed by atoms with Crippen molar-refractivity contribution >= 4 is 0 Å². The Labute approximate surface area is 121 Å². The third-order valence-corrected chi connectivity index (χ3v) is 3.69. The fourth-order valence-electron chi connectivity index (χ4n) is 2.31. The number of aryl methyl sites for hydroxylation is 1. The predicted octanol–water partition coefficient (Wildman–Crippen LogP) is 3.58. The molecule has 0 saturated carbocycles. The fraction of sp³-hybridized carbons (Fsp3) is 0.471. The van der Waals surface area contributed by atoms with E-state index in [1.165, 1.54) is 11.1 Å². The standard InChI is InChI=1S/C17H25N3/c1-5-15(18)11-14-10-13(4)6-7-17(14)20-9-8-16(19-20)12(2)3/h6-10,12,15H,5,11,18H2,1-4H3. The van der Waals surface area contributed by atoms with Crippen LogP contribution < -0.4 is 5.73 Å². The molecule has 1 unspecified atom stereocenters. The summed E-state index contributed by atoms with van der Waals surface area (Å²) in [5.74, 6) is 0.447. The van der Waals surface area contributed by atoms with Crippen LogP contribution in [0, 0.1) is 6.92 Å². The quantitative estimate of drug-likeness (QED) is 0.903. The van der Waals surface area contributed by atoms with Gasteiger partial charge < -0.3 is 5.73 Å². The van der Waals surface area contributed by atoms with E-state index in [2.05, 4.69) is 57.1 Å². The van der Waals surface area contributed by atoms with Gasteiger partial charge in [-0.3, -0.25) is 0 Å². The molecule has 0 bridgehead atoms. The van der Waals surface area contributed by atoms with Crippen LogP contribution in [-0.2, 0) is 6.42 Å². The summed E-state index contributed by atoms with van der Waals surface area (Å²) < 4.78 is 1.98. The third-order valence-electron chi connectivity index (χ3n) is 3.69. The maximum absolute atomic E-state index is 6.13. The van der Waals surface area contributed by atoms with E-state index in [1.54, 1.807) is 0 Å². The molecule has 108 valence electrons. The van der Waals surface area contributed by atoms with Crippen molar-refractivity contribution in [1.82, 2.24) is 9.78 Å². The topological polar surface area (TPSA) is 43.8 Å². The monoisotopic (exact) mass is 271 g/mol. The van der Waals surface area contributed by atoms with E-state index < -0.39 is 0 Å². The molecule has 0 aliphatic rings. The minimum atomic E-state index is 0.204. The normalized spacial score (nSPS) is 12.9. The van der Waals surface area contributed by atoms with Crippen molar-refractivity contribution < 1.29 is 0 Å². The molecule has 0 aliphatic carbocycles. The number of nitrogens with two attached hydrogens (primary N) is 1. The molecule has 0 saturated heterocycles. The van der Waals surface area contributed by atoms with Crippen molar-refractivity contribution in [2.75, 3.05) is 0 Å². The van der Waals surface area contributed by atoms with Gasteiger partial charge in [0.1, 0.15) is 0 Å². The number of hydrogen-bond donors (Lipinski definition) is 1. The van der Waals surface area contributed by atoms with Crippen LogP contribution in [0.1, 0.15) is 49.9 Å². The van der Waals surface area contributed by atoms with Gasteiger partial charge in [-0.2, -0.15) is 5.10 Å². The number of aromatic nitrogens is 2. The zero-order valence-electron chi connectivity index (χ0n) is 12.9. The molecule has 3 nitrogen and oxygen atoms in total. The third kappa shape index (κ3) is 3.28. The fourth-order valence-corrected chi connectivity index (χ4v) is 2.31. The second-order valence-corrected chi connectivity index (χ2v) is 5.84. The molecule has 2 rings (SSSR count). The maximum atomic E-state index is 6.13. The van der Waals surface area contributed by atoms with Gasteiger partial charge in [-0.15, -0.1) is 0 Å².